The fourth-order valence-corrected chi connectivity index (χ4v) is 4.42. The van der Waals surface area contributed by atoms with E-state index in [9.17, 15) is 17.6 Å². The molecular weight excluding hydrogens is 357 g/mol. The van der Waals surface area contributed by atoms with Crippen LogP contribution in [0.3, 0.4) is 0 Å². The molecule has 0 amide bonds. The average molecular weight is 373 g/mol. The smallest absolute Gasteiger partial charge is 0.349 e. The van der Waals surface area contributed by atoms with Crippen LogP contribution in [0.2, 0.25) is 0 Å². The summed E-state index contributed by atoms with van der Waals surface area (Å²) in [5, 5.41) is 1.49. The van der Waals surface area contributed by atoms with Crippen LogP contribution in [0, 0.1) is 5.82 Å². The number of hydrogen-bond donors (Lipinski definition) is 1. The first-order valence-electron chi connectivity index (χ1n) is 6.82. The summed E-state index contributed by atoms with van der Waals surface area (Å²) in [6, 6.07) is 7.03. The van der Waals surface area contributed by atoms with Gasteiger partial charge in [0.2, 0.25) is 10.0 Å². The molecular formula is C15H16FNO5S2. The summed E-state index contributed by atoms with van der Waals surface area (Å²) in [5.74, 6) is -1.16. The molecule has 2 aromatic rings. The number of carbonyl (C=O) groups excluding carboxylic acids is 1. The van der Waals surface area contributed by atoms with Crippen molar-refractivity contribution in [3.8, 4) is 0 Å². The van der Waals surface area contributed by atoms with E-state index in [4.69, 9.17) is 4.74 Å². The molecule has 1 atom stereocenters. The number of ether oxygens (including phenoxy) is 2. The first-order valence-corrected chi connectivity index (χ1v) is 9.19. The number of hydrogen-bond acceptors (Lipinski definition) is 6. The fourth-order valence-electron chi connectivity index (χ4n) is 2.06. The number of halogens is 1. The van der Waals surface area contributed by atoms with Crippen molar-refractivity contribution in [2.75, 3.05) is 20.8 Å². The van der Waals surface area contributed by atoms with Crippen molar-refractivity contribution in [2.45, 2.75) is 11.0 Å². The number of nitrogens with one attached hydrogen (secondary N) is 1. The largest absolute Gasteiger partial charge is 0.465 e. The summed E-state index contributed by atoms with van der Waals surface area (Å²) in [6.45, 7) is -0.112. The molecule has 2 rings (SSSR count). The van der Waals surface area contributed by atoms with Crippen LogP contribution in [-0.4, -0.2) is 35.2 Å². The molecule has 0 bridgehead atoms. The van der Waals surface area contributed by atoms with E-state index in [1.165, 1.54) is 43.9 Å². The van der Waals surface area contributed by atoms with Gasteiger partial charge in [-0.05, 0) is 29.1 Å². The summed E-state index contributed by atoms with van der Waals surface area (Å²) in [4.78, 5) is 11.5. The molecule has 1 N–H and O–H groups in total. The van der Waals surface area contributed by atoms with Crippen LogP contribution >= 0.6 is 11.3 Å². The molecule has 0 radical (unpaired) electrons. The zero-order valence-corrected chi connectivity index (χ0v) is 14.6. The lowest BCUT2D eigenvalue weighted by Crippen LogP contribution is -2.30. The van der Waals surface area contributed by atoms with Crippen LogP contribution in [0.25, 0.3) is 0 Å². The van der Waals surface area contributed by atoms with E-state index in [0.717, 1.165) is 11.3 Å². The zero-order valence-electron chi connectivity index (χ0n) is 13.0. The van der Waals surface area contributed by atoms with E-state index in [1.807, 2.05) is 0 Å². The van der Waals surface area contributed by atoms with Crippen molar-refractivity contribution in [1.82, 2.24) is 4.72 Å². The molecule has 0 aliphatic carbocycles. The molecule has 0 saturated heterocycles. The standard InChI is InChI=1S/C15H16FNO5S2/c1-21-12(10-4-3-5-11(16)8-10)9-17-24(19,20)13-6-7-23-14(13)15(18)22-2/h3-8,12,17H,9H2,1-2H3. The molecule has 1 unspecified atom stereocenters. The van der Waals surface area contributed by atoms with Crippen LogP contribution < -0.4 is 4.72 Å². The van der Waals surface area contributed by atoms with Crippen molar-refractivity contribution in [3.63, 3.8) is 0 Å². The third-order valence-corrected chi connectivity index (χ3v) is 5.74. The lowest BCUT2D eigenvalue weighted by Gasteiger charge is -2.16. The van der Waals surface area contributed by atoms with Gasteiger partial charge in [0.05, 0.1) is 13.2 Å². The summed E-state index contributed by atoms with van der Waals surface area (Å²) in [6.07, 6.45) is -0.671. The highest BCUT2D eigenvalue weighted by atomic mass is 32.2. The van der Waals surface area contributed by atoms with Crippen LogP contribution in [0.4, 0.5) is 4.39 Å². The van der Waals surface area contributed by atoms with Gasteiger partial charge in [-0.3, -0.25) is 0 Å². The molecule has 1 heterocycles. The summed E-state index contributed by atoms with van der Waals surface area (Å²) < 4.78 is 50.3. The van der Waals surface area contributed by atoms with Gasteiger partial charge >= 0.3 is 5.97 Å². The number of methoxy groups -OCH3 is 2. The van der Waals surface area contributed by atoms with E-state index in [0.29, 0.717) is 5.56 Å². The van der Waals surface area contributed by atoms with Crippen molar-refractivity contribution in [3.05, 3.63) is 52.0 Å². The van der Waals surface area contributed by atoms with E-state index < -0.39 is 27.9 Å². The highest BCUT2D eigenvalue weighted by Gasteiger charge is 2.25. The number of sulfonamides is 1. The second kappa shape index (κ2) is 7.84. The summed E-state index contributed by atoms with van der Waals surface area (Å²) in [7, 11) is -1.37. The molecule has 0 saturated carbocycles. The van der Waals surface area contributed by atoms with Crippen molar-refractivity contribution in [2.24, 2.45) is 0 Å². The highest BCUT2D eigenvalue weighted by molar-refractivity contribution is 7.89. The van der Waals surface area contributed by atoms with Gasteiger partial charge in [0.1, 0.15) is 15.6 Å². The Morgan fingerprint density at radius 3 is 2.71 bits per heavy atom. The predicted molar refractivity (Wildman–Crippen MR) is 87.0 cm³/mol. The number of thiophene rings is 1. The van der Waals surface area contributed by atoms with Crippen LogP contribution in [0.1, 0.15) is 21.3 Å². The molecule has 1 aromatic carbocycles. The molecule has 6 nitrogen and oxygen atoms in total. The lowest BCUT2D eigenvalue weighted by molar-refractivity contribution is 0.0602. The van der Waals surface area contributed by atoms with Crippen molar-refractivity contribution in [1.29, 1.82) is 0 Å². The molecule has 0 fully saturated rings. The number of rotatable bonds is 7. The van der Waals surface area contributed by atoms with Crippen molar-refractivity contribution >= 4 is 27.3 Å². The van der Waals surface area contributed by atoms with E-state index in [1.54, 1.807) is 6.07 Å². The fraction of sp³-hybridized carbons (Fsp3) is 0.267. The van der Waals surface area contributed by atoms with Gasteiger partial charge in [0, 0.05) is 13.7 Å². The number of benzene rings is 1. The highest BCUT2D eigenvalue weighted by Crippen LogP contribution is 2.23. The second-order valence-corrected chi connectivity index (χ2v) is 7.39. The van der Waals surface area contributed by atoms with Crippen LogP contribution in [0.5, 0.6) is 0 Å². The average Bonchev–Trinajstić information content (AvgIpc) is 3.05. The Bertz CT molecular complexity index is 819. The maximum atomic E-state index is 13.3. The maximum absolute atomic E-state index is 13.3. The molecule has 9 heteroatoms. The Hall–Kier alpha value is -1.81. The Labute approximate surface area is 143 Å². The normalized spacial score (nSPS) is 12.8. The summed E-state index contributed by atoms with van der Waals surface area (Å²) >= 11 is 0.973. The van der Waals surface area contributed by atoms with Crippen molar-refractivity contribution < 1.29 is 27.1 Å². The molecule has 1 aromatic heterocycles. The van der Waals surface area contributed by atoms with Gasteiger partial charge in [-0.25, -0.2) is 22.3 Å². The van der Waals surface area contributed by atoms with E-state index in [-0.39, 0.29) is 16.3 Å². The Balaban J connectivity index is 2.18. The molecule has 24 heavy (non-hydrogen) atoms. The van der Waals surface area contributed by atoms with E-state index >= 15 is 0 Å². The molecule has 0 spiro atoms. The quantitative estimate of drug-likeness (QED) is 0.754. The Morgan fingerprint density at radius 1 is 1.33 bits per heavy atom. The Kier molecular flexibility index (Phi) is 6.05. The Morgan fingerprint density at radius 2 is 2.08 bits per heavy atom. The third-order valence-electron chi connectivity index (χ3n) is 3.25. The van der Waals surface area contributed by atoms with Crippen LogP contribution in [0.15, 0.2) is 40.6 Å². The molecule has 0 aliphatic rings. The van der Waals surface area contributed by atoms with Gasteiger partial charge in [-0.15, -0.1) is 11.3 Å². The lowest BCUT2D eigenvalue weighted by atomic mass is 10.1. The second-order valence-electron chi connectivity index (χ2n) is 4.74. The predicted octanol–water partition coefficient (Wildman–Crippen LogP) is 2.34. The number of carbonyl (C=O) groups is 1. The third kappa shape index (κ3) is 4.18. The molecule has 130 valence electrons. The minimum atomic E-state index is -3.94. The zero-order chi connectivity index (χ0) is 17.7. The minimum absolute atomic E-state index is 0.00952. The van der Waals surface area contributed by atoms with Gasteiger partial charge in [0.15, 0.2) is 0 Å². The molecule has 0 aliphatic heterocycles. The van der Waals surface area contributed by atoms with Gasteiger partial charge < -0.3 is 9.47 Å². The first kappa shape index (κ1) is 18.5. The minimum Gasteiger partial charge on any atom is -0.465 e. The summed E-state index contributed by atoms with van der Waals surface area (Å²) in [5.41, 5.74) is 0.499. The van der Waals surface area contributed by atoms with Gasteiger partial charge in [0.25, 0.3) is 0 Å². The topological polar surface area (TPSA) is 81.7 Å². The van der Waals surface area contributed by atoms with Gasteiger partial charge in [-0.2, -0.15) is 0 Å². The van der Waals surface area contributed by atoms with Crippen LogP contribution in [-0.2, 0) is 19.5 Å². The SMILES string of the molecule is COC(=O)c1sccc1S(=O)(=O)NCC(OC)c1cccc(F)c1. The monoisotopic (exact) mass is 373 g/mol. The number of esters is 1. The first-order chi connectivity index (χ1) is 11.4. The van der Waals surface area contributed by atoms with Gasteiger partial charge in [-0.1, -0.05) is 12.1 Å². The maximum Gasteiger partial charge on any atom is 0.349 e. The van der Waals surface area contributed by atoms with E-state index in [2.05, 4.69) is 9.46 Å².